The molecule has 6 nitrogen and oxygen atoms in total. The maximum Gasteiger partial charge on any atom is 0.255 e. The second-order valence-corrected chi connectivity index (χ2v) is 3.98. The van der Waals surface area contributed by atoms with Gasteiger partial charge in [-0.15, -0.1) is 0 Å². The Kier molecular flexibility index (Phi) is 4.53. The number of oxime groups is 1. The van der Waals surface area contributed by atoms with Gasteiger partial charge in [0.2, 0.25) is 0 Å². The Hall–Kier alpha value is -2.24. The standard InChI is InChI=1S/C12H17N3O3/c1-3-9(11(13)15-18)14-12(17)8-6-7(2)4-5-10(8)16/h4-6,9,16,18H,3H2,1-2H3,(H2,13,15)(H,14,17). The molecule has 1 rings (SSSR count). The minimum absolute atomic E-state index is 0.0713. The van der Waals surface area contributed by atoms with Crippen LogP contribution >= 0.6 is 0 Å². The molecule has 0 saturated carbocycles. The molecule has 1 aromatic rings. The van der Waals surface area contributed by atoms with Gasteiger partial charge in [0.05, 0.1) is 11.6 Å². The van der Waals surface area contributed by atoms with Gasteiger partial charge in [-0.05, 0) is 25.5 Å². The third-order valence-corrected chi connectivity index (χ3v) is 2.58. The van der Waals surface area contributed by atoms with Gasteiger partial charge in [0, 0.05) is 0 Å². The van der Waals surface area contributed by atoms with Gasteiger partial charge in [0.15, 0.2) is 5.84 Å². The van der Waals surface area contributed by atoms with Crippen LogP contribution < -0.4 is 11.1 Å². The fourth-order valence-corrected chi connectivity index (χ4v) is 1.52. The van der Waals surface area contributed by atoms with Crippen LogP contribution in [0.3, 0.4) is 0 Å². The number of aryl methyl sites for hydroxylation is 1. The number of amidine groups is 1. The number of rotatable bonds is 4. The summed E-state index contributed by atoms with van der Waals surface area (Å²) in [5.41, 5.74) is 6.47. The maximum absolute atomic E-state index is 11.9. The number of nitrogens with two attached hydrogens (primary N) is 1. The van der Waals surface area contributed by atoms with Crippen molar-refractivity contribution in [1.29, 1.82) is 0 Å². The van der Waals surface area contributed by atoms with Gasteiger partial charge in [-0.3, -0.25) is 4.79 Å². The van der Waals surface area contributed by atoms with E-state index in [9.17, 15) is 9.90 Å². The van der Waals surface area contributed by atoms with E-state index in [1.807, 2.05) is 6.92 Å². The minimum atomic E-state index is -0.567. The first-order valence-electron chi connectivity index (χ1n) is 5.57. The highest BCUT2D eigenvalue weighted by Gasteiger charge is 2.18. The van der Waals surface area contributed by atoms with Crippen molar-refractivity contribution in [2.75, 3.05) is 0 Å². The summed E-state index contributed by atoms with van der Waals surface area (Å²) in [5, 5.41) is 23.6. The summed E-state index contributed by atoms with van der Waals surface area (Å²) < 4.78 is 0. The summed E-state index contributed by atoms with van der Waals surface area (Å²) in [6.07, 6.45) is 0.480. The molecule has 0 radical (unpaired) electrons. The first-order valence-corrected chi connectivity index (χ1v) is 5.57. The van der Waals surface area contributed by atoms with Crippen LogP contribution in [0.15, 0.2) is 23.4 Å². The van der Waals surface area contributed by atoms with Crippen molar-refractivity contribution in [1.82, 2.24) is 5.32 Å². The lowest BCUT2D eigenvalue weighted by Crippen LogP contribution is -2.44. The number of carbonyl (C=O) groups is 1. The average Bonchev–Trinajstić information content (AvgIpc) is 2.37. The number of hydrogen-bond acceptors (Lipinski definition) is 4. The van der Waals surface area contributed by atoms with Crippen LogP contribution in [0.1, 0.15) is 29.3 Å². The molecule has 1 atom stereocenters. The average molecular weight is 251 g/mol. The van der Waals surface area contributed by atoms with Crippen molar-refractivity contribution in [3.8, 4) is 5.75 Å². The summed E-state index contributed by atoms with van der Waals surface area (Å²) in [5.74, 6) is -0.639. The van der Waals surface area contributed by atoms with Gasteiger partial charge < -0.3 is 21.4 Å². The van der Waals surface area contributed by atoms with Crippen molar-refractivity contribution in [2.45, 2.75) is 26.3 Å². The highest BCUT2D eigenvalue weighted by atomic mass is 16.4. The van der Waals surface area contributed by atoms with E-state index in [2.05, 4.69) is 10.5 Å². The third kappa shape index (κ3) is 3.13. The molecule has 0 aromatic heterocycles. The monoisotopic (exact) mass is 251 g/mol. The van der Waals surface area contributed by atoms with E-state index in [0.717, 1.165) is 5.56 Å². The molecule has 1 aromatic carbocycles. The second-order valence-electron chi connectivity index (χ2n) is 3.98. The molecule has 0 aliphatic rings. The number of hydrogen-bond donors (Lipinski definition) is 4. The van der Waals surface area contributed by atoms with Gasteiger partial charge in [0.25, 0.3) is 5.91 Å². The van der Waals surface area contributed by atoms with Crippen LogP contribution in [0.5, 0.6) is 5.75 Å². The fraction of sp³-hybridized carbons (Fsp3) is 0.333. The Balaban J connectivity index is 2.91. The molecular formula is C12H17N3O3. The number of aromatic hydroxyl groups is 1. The number of phenols is 1. The van der Waals surface area contributed by atoms with E-state index in [0.29, 0.717) is 6.42 Å². The van der Waals surface area contributed by atoms with Crippen molar-refractivity contribution in [3.05, 3.63) is 29.3 Å². The Morgan fingerprint density at radius 2 is 2.22 bits per heavy atom. The molecule has 0 fully saturated rings. The lowest BCUT2D eigenvalue weighted by atomic mass is 10.1. The van der Waals surface area contributed by atoms with Crippen LogP contribution in [-0.4, -0.2) is 28.1 Å². The largest absolute Gasteiger partial charge is 0.507 e. The Morgan fingerprint density at radius 1 is 1.56 bits per heavy atom. The molecule has 0 bridgehead atoms. The molecule has 98 valence electrons. The van der Waals surface area contributed by atoms with E-state index < -0.39 is 11.9 Å². The Morgan fingerprint density at radius 3 is 2.78 bits per heavy atom. The van der Waals surface area contributed by atoms with Gasteiger partial charge in [-0.1, -0.05) is 23.7 Å². The van der Waals surface area contributed by atoms with Gasteiger partial charge in [-0.25, -0.2) is 0 Å². The van der Waals surface area contributed by atoms with Crippen LogP contribution in [0.2, 0.25) is 0 Å². The van der Waals surface area contributed by atoms with E-state index in [1.54, 1.807) is 19.1 Å². The Bertz CT molecular complexity index is 472. The van der Waals surface area contributed by atoms with Crippen molar-refractivity contribution in [3.63, 3.8) is 0 Å². The molecule has 1 unspecified atom stereocenters. The van der Waals surface area contributed by atoms with Gasteiger partial charge in [0.1, 0.15) is 5.75 Å². The molecular weight excluding hydrogens is 234 g/mol. The first-order chi connectivity index (χ1) is 8.49. The molecule has 6 heteroatoms. The quantitative estimate of drug-likeness (QED) is 0.276. The van der Waals surface area contributed by atoms with E-state index in [4.69, 9.17) is 10.9 Å². The number of nitrogens with one attached hydrogen (secondary N) is 1. The molecule has 5 N–H and O–H groups in total. The van der Waals surface area contributed by atoms with Crippen molar-refractivity contribution in [2.24, 2.45) is 10.9 Å². The number of carbonyl (C=O) groups excluding carboxylic acids is 1. The number of nitrogens with zero attached hydrogens (tertiary/aromatic N) is 1. The van der Waals surface area contributed by atoms with Crippen LogP contribution in [0, 0.1) is 6.92 Å². The lowest BCUT2D eigenvalue weighted by Gasteiger charge is -2.15. The topological polar surface area (TPSA) is 108 Å². The number of amides is 1. The number of benzene rings is 1. The summed E-state index contributed by atoms with van der Waals surface area (Å²) >= 11 is 0. The summed E-state index contributed by atoms with van der Waals surface area (Å²) in [4.78, 5) is 11.9. The molecule has 18 heavy (non-hydrogen) atoms. The second kappa shape index (κ2) is 5.90. The highest BCUT2D eigenvalue weighted by molar-refractivity contribution is 6.00. The lowest BCUT2D eigenvalue weighted by molar-refractivity contribution is 0.0943. The first kappa shape index (κ1) is 13.8. The summed E-state index contributed by atoms with van der Waals surface area (Å²) in [7, 11) is 0. The van der Waals surface area contributed by atoms with Crippen LogP contribution in [0.4, 0.5) is 0 Å². The van der Waals surface area contributed by atoms with Gasteiger partial charge >= 0.3 is 0 Å². The molecule has 0 heterocycles. The summed E-state index contributed by atoms with van der Waals surface area (Å²) in [6.45, 7) is 3.61. The molecule has 0 aliphatic heterocycles. The van der Waals surface area contributed by atoms with Crippen LogP contribution in [0.25, 0.3) is 0 Å². The van der Waals surface area contributed by atoms with Crippen LogP contribution in [-0.2, 0) is 0 Å². The fourth-order valence-electron chi connectivity index (χ4n) is 1.52. The predicted octanol–water partition coefficient (Wildman–Crippen LogP) is 0.955. The zero-order chi connectivity index (χ0) is 13.7. The number of phenolic OH excluding ortho intramolecular Hbond substituents is 1. The van der Waals surface area contributed by atoms with E-state index in [1.165, 1.54) is 6.07 Å². The van der Waals surface area contributed by atoms with E-state index >= 15 is 0 Å². The minimum Gasteiger partial charge on any atom is -0.507 e. The Labute approximate surface area is 105 Å². The SMILES string of the molecule is CCC(NC(=O)c1cc(C)ccc1O)/C(N)=N/O. The predicted molar refractivity (Wildman–Crippen MR) is 67.8 cm³/mol. The van der Waals surface area contributed by atoms with Gasteiger partial charge in [-0.2, -0.15) is 0 Å². The van der Waals surface area contributed by atoms with Crippen molar-refractivity contribution >= 4 is 11.7 Å². The summed E-state index contributed by atoms with van der Waals surface area (Å²) in [6, 6.07) is 4.16. The molecule has 0 spiro atoms. The molecule has 1 amide bonds. The molecule has 0 saturated heterocycles. The van der Waals surface area contributed by atoms with E-state index in [-0.39, 0.29) is 17.1 Å². The zero-order valence-corrected chi connectivity index (χ0v) is 10.3. The highest BCUT2D eigenvalue weighted by Crippen LogP contribution is 2.18. The normalized spacial score (nSPS) is 13.1. The maximum atomic E-state index is 11.9. The smallest absolute Gasteiger partial charge is 0.255 e. The third-order valence-electron chi connectivity index (χ3n) is 2.58. The zero-order valence-electron chi connectivity index (χ0n) is 10.3. The molecule has 0 aliphatic carbocycles. The van der Waals surface area contributed by atoms with Crippen molar-refractivity contribution < 1.29 is 15.1 Å².